The summed E-state index contributed by atoms with van der Waals surface area (Å²) in [5.74, 6) is 0. The summed E-state index contributed by atoms with van der Waals surface area (Å²) >= 11 is 0. The SMILES string of the molecule is C/C=C(\N=C(/C)Cc1ccc2ccccc2c1)c1ccccc1. The van der Waals surface area contributed by atoms with Crippen molar-refractivity contribution in [3.63, 3.8) is 0 Å². The summed E-state index contributed by atoms with van der Waals surface area (Å²) in [6, 6.07) is 25.4. The van der Waals surface area contributed by atoms with Gasteiger partial charge >= 0.3 is 0 Å². The number of nitrogens with zero attached hydrogens (tertiary/aromatic N) is 1. The Morgan fingerprint density at radius 2 is 1.57 bits per heavy atom. The minimum Gasteiger partial charge on any atom is -0.258 e. The lowest BCUT2D eigenvalue weighted by Crippen LogP contribution is -1.98. The van der Waals surface area contributed by atoms with Gasteiger partial charge in [-0.15, -0.1) is 0 Å². The van der Waals surface area contributed by atoms with Crippen molar-refractivity contribution >= 4 is 22.2 Å². The summed E-state index contributed by atoms with van der Waals surface area (Å²) in [4.78, 5) is 4.82. The average Bonchev–Trinajstić information content (AvgIpc) is 2.60. The summed E-state index contributed by atoms with van der Waals surface area (Å²) < 4.78 is 0. The second-order valence-electron chi connectivity index (χ2n) is 5.75. The maximum atomic E-state index is 4.82. The van der Waals surface area contributed by atoms with E-state index < -0.39 is 0 Å². The Balaban J connectivity index is 1.83. The van der Waals surface area contributed by atoms with Crippen LogP contribution in [0.25, 0.3) is 16.5 Å². The fraction of sp³-hybridized carbons (Fsp3) is 0.136. The molecule has 23 heavy (non-hydrogen) atoms. The number of aliphatic imine (C=N–C) groups is 1. The Morgan fingerprint density at radius 1 is 0.870 bits per heavy atom. The zero-order valence-corrected chi connectivity index (χ0v) is 13.7. The molecule has 0 aromatic heterocycles. The maximum Gasteiger partial charge on any atom is 0.0658 e. The highest BCUT2D eigenvalue weighted by atomic mass is 14.8. The molecule has 0 bridgehead atoms. The van der Waals surface area contributed by atoms with E-state index in [1.807, 2.05) is 25.1 Å². The van der Waals surface area contributed by atoms with Crippen LogP contribution in [0.5, 0.6) is 0 Å². The summed E-state index contributed by atoms with van der Waals surface area (Å²) in [6.07, 6.45) is 2.94. The monoisotopic (exact) mass is 299 g/mol. The summed E-state index contributed by atoms with van der Waals surface area (Å²) in [7, 11) is 0. The molecule has 0 amide bonds. The van der Waals surface area contributed by atoms with Crippen LogP contribution in [0, 0.1) is 0 Å². The molecule has 114 valence electrons. The number of rotatable bonds is 4. The van der Waals surface area contributed by atoms with Gasteiger partial charge in [0.2, 0.25) is 0 Å². The molecule has 1 nitrogen and oxygen atoms in total. The third-order valence-corrected chi connectivity index (χ3v) is 3.93. The Bertz CT molecular complexity index is 857. The van der Waals surface area contributed by atoms with Crippen molar-refractivity contribution in [2.75, 3.05) is 0 Å². The largest absolute Gasteiger partial charge is 0.258 e. The molecular formula is C22H21N. The van der Waals surface area contributed by atoms with Gasteiger partial charge in [0.1, 0.15) is 0 Å². The van der Waals surface area contributed by atoms with Crippen LogP contribution in [-0.2, 0) is 6.42 Å². The van der Waals surface area contributed by atoms with Crippen LogP contribution in [0.4, 0.5) is 0 Å². The van der Waals surface area contributed by atoms with Crippen molar-refractivity contribution in [2.24, 2.45) is 4.99 Å². The van der Waals surface area contributed by atoms with E-state index in [-0.39, 0.29) is 0 Å². The summed E-state index contributed by atoms with van der Waals surface area (Å²) in [5, 5.41) is 2.57. The molecule has 0 radical (unpaired) electrons. The number of allylic oxidation sites excluding steroid dienone is 1. The van der Waals surface area contributed by atoms with Gasteiger partial charge in [0.25, 0.3) is 0 Å². The van der Waals surface area contributed by atoms with Crippen LogP contribution in [0.3, 0.4) is 0 Å². The quantitative estimate of drug-likeness (QED) is 0.531. The van der Waals surface area contributed by atoms with Crippen molar-refractivity contribution in [3.8, 4) is 0 Å². The highest BCUT2D eigenvalue weighted by Gasteiger charge is 2.02. The van der Waals surface area contributed by atoms with Gasteiger partial charge in [0, 0.05) is 12.1 Å². The molecule has 0 unspecified atom stereocenters. The van der Waals surface area contributed by atoms with Crippen LogP contribution in [0.2, 0.25) is 0 Å². The zero-order chi connectivity index (χ0) is 16.1. The highest BCUT2D eigenvalue weighted by molar-refractivity contribution is 5.91. The maximum absolute atomic E-state index is 4.82. The summed E-state index contributed by atoms with van der Waals surface area (Å²) in [5.41, 5.74) is 4.61. The second-order valence-corrected chi connectivity index (χ2v) is 5.75. The first kappa shape index (κ1) is 15.2. The molecule has 0 aliphatic rings. The molecule has 0 atom stereocenters. The third-order valence-electron chi connectivity index (χ3n) is 3.93. The second kappa shape index (κ2) is 7.06. The molecule has 0 fully saturated rings. The van der Waals surface area contributed by atoms with Crippen LogP contribution < -0.4 is 0 Å². The van der Waals surface area contributed by atoms with Crippen molar-refractivity contribution in [2.45, 2.75) is 20.3 Å². The van der Waals surface area contributed by atoms with E-state index >= 15 is 0 Å². The fourth-order valence-electron chi connectivity index (χ4n) is 2.79. The Labute approximate surface area is 138 Å². The number of hydrogen-bond donors (Lipinski definition) is 0. The molecule has 1 heteroatoms. The normalized spacial score (nSPS) is 12.6. The van der Waals surface area contributed by atoms with Gasteiger partial charge < -0.3 is 0 Å². The van der Waals surface area contributed by atoms with Gasteiger partial charge in [0.05, 0.1) is 5.70 Å². The minimum atomic E-state index is 0.870. The molecule has 0 heterocycles. The number of benzene rings is 3. The van der Waals surface area contributed by atoms with Gasteiger partial charge in [-0.2, -0.15) is 0 Å². The first-order valence-electron chi connectivity index (χ1n) is 8.00. The van der Waals surface area contributed by atoms with Crippen molar-refractivity contribution < 1.29 is 0 Å². The lowest BCUT2D eigenvalue weighted by Gasteiger charge is -2.06. The molecule has 0 aliphatic carbocycles. The molecule has 3 rings (SSSR count). The van der Waals surface area contributed by atoms with Gasteiger partial charge in [-0.05, 0) is 35.7 Å². The van der Waals surface area contributed by atoms with E-state index in [1.165, 1.54) is 16.3 Å². The van der Waals surface area contributed by atoms with Crippen molar-refractivity contribution in [1.82, 2.24) is 0 Å². The topological polar surface area (TPSA) is 12.4 Å². The van der Waals surface area contributed by atoms with Gasteiger partial charge in [0.15, 0.2) is 0 Å². The predicted octanol–water partition coefficient (Wildman–Crippen LogP) is 5.90. The van der Waals surface area contributed by atoms with E-state index in [1.54, 1.807) is 0 Å². The van der Waals surface area contributed by atoms with E-state index in [0.29, 0.717) is 0 Å². The third kappa shape index (κ3) is 3.75. The van der Waals surface area contributed by atoms with Crippen molar-refractivity contribution in [1.29, 1.82) is 0 Å². The van der Waals surface area contributed by atoms with E-state index in [2.05, 4.69) is 67.6 Å². The van der Waals surface area contributed by atoms with E-state index in [9.17, 15) is 0 Å². The average molecular weight is 299 g/mol. The lowest BCUT2D eigenvalue weighted by atomic mass is 10.0. The molecule has 3 aromatic rings. The van der Waals surface area contributed by atoms with Gasteiger partial charge in [-0.25, -0.2) is 0 Å². The molecule has 0 aliphatic heterocycles. The highest BCUT2D eigenvalue weighted by Crippen LogP contribution is 2.18. The number of hydrogen-bond acceptors (Lipinski definition) is 1. The fourth-order valence-corrected chi connectivity index (χ4v) is 2.79. The molecule has 0 saturated carbocycles. The van der Waals surface area contributed by atoms with Crippen LogP contribution in [-0.4, -0.2) is 5.71 Å². The summed E-state index contributed by atoms with van der Waals surface area (Å²) in [6.45, 7) is 4.14. The van der Waals surface area contributed by atoms with Crippen LogP contribution in [0.15, 0.2) is 83.9 Å². The minimum absolute atomic E-state index is 0.870. The number of fused-ring (bicyclic) bond motifs is 1. The molecule has 0 saturated heterocycles. The predicted molar refractivity (Wildman–Crippen MR) is 101 cm³/mol. The molecule has 3 aromatic carbocycles. The smallest absolute Gasteiger partial charge is 0.0658 e. The first-order chi connectivity index (χ1) is 11.3. The van der Waals surface area contributed by atoms with Gasteiger partial charge in [-0.1, -0.05) is 78.9 Å². The molecular weight excluding hydrogens is 278 g/mol. The van der Waals surface area contributed by atoms with Gasteiger partial charge in [-0.3, -0.25) is 4.99 Å². The first-order valence-corrected chi connectivity index (χ1v) is 8.00. The zero-order valence-electron chi connectivity index (χ0n) is 13.7. The Hall–Kier alpha value is -2.67. The molecule has 0 spiro atoms. The lowest BCUT2D eigenvalue weighted by molar-refractivity contribution is 1.30. The molecule has 0 N–H and O–H groups in total. The Kier molecular flexibility index (Phi) is 4.68. The standard InChI is InChI=1S/C22H21N/c1-3-22(20-10-5-4-6-11-20)23-17(2)15-18-13-14-19-9-7-8-12-21(19)16-18/h3-14,16H,15H2,1-2H3/b22-3-,23-17+. The van der Waals surface area contributed by atoms with Crippen LogP contribution in [0.1, 0.15) is 25.0 Å². The van der Waals surface area contributed by atoms with Crippen LogP contribution >= 0.6 is 0 Å². The Morgan fingerprint density at radius 3 is 2.30 bits per heavy atom. The van der Waals surface area contributed by atoms with Crippen molar-refractivity contribution in [3.05, 3.63) is 90.0 Å². The van der Waals surface area contributed by atoms with E-state index in [0.717, 1.165) is 23.4 Å². The van der Waals surface area contributed by atoms with E-state index in [4.69, 9.17) is 4.99 Å².